The van der Waals surface area contributed by atoms with E-state index in [1.54, 1.807) is 10.9 Å². The lowest BCUT2D eigenvalue weighted by Gasteiger charge is -2.40. The van der Waals surface area contributed by atoms with Crippen LogP contribution in [0.5, 0.6) is 0 Å². The number of aromatic nitrogens is 3. The largest absolute Gasteiger partial charge is 0.324 e. The summed E-state index contributed by atoms with van der Waals surface area (Å²) < 4.78 is 1.76. The van der Waals surface area contributed by atoms with Crippen molar-refractivity contribution in [3.05, 3.63) is 53.9 Å². The minimum atomic E-state index is -0.403. The molecule has 24 heavy (non-hydrogen) atoms. The van der Waals surface area contributed by atoms with E-state index in [4.69, 9.17) is 0 Å². The summed E-state index contributed by atoms with van der Waals surface area (Å²) in [7, 11) is 1.87. The summed E-state index contributed by atoms with van der Waals surface area (Å²) in [6.45, 7) is 1.95. The highest BCUT2D eigenvalue weighted by molar-refractivity contribution is 6.00. The highest BCUT2D eigenvalue weighted by Crippen LogP contribution is 2.44. The van der Waals surface area contributed by atoms with Crippen molar-refractivity contribution in [1.82, 2.24) is 14.8 Å². The molecule has 4 rings (SSSR count). The van der Waals surface area contributed by atoms with Crippen molar-refractivity contribution in [3.8, 4) is 0 Å². The second-order valence-electron chi connectivity index (χ2n) is 6.56. The summed E-state index contributed by atoms with van der Waals surface area (Å²) in [6.07, 6.45) is 4.58. The Morgan fingerprint density at radius 2 is 2.00 bits per heavy atom. The predicted octanol–water partition coefficient (Wildman–Crippen LogP) is 3.34. The van der Waals surface area contributed by atoms with Crippen LogP contribution in [0.4, 0.5) is 5.69 Å². The van der Waals surface area contributed by atoms with Gasteiger partial charge < -0.3 is 5.32 Å². The molecule has 1 aliphatic carbocycles. The molecule has 2 heterocycles. The molecule has 0 unspecified atom stereocenters. The SMILES string of the molecule is Cc1nn(C)c2ncc(NC(=O)C3(c4ccccc4)CCC3)cc12. The number of pyridine rings is 1. The van der Waals surface area contributed by atoms with Gasteiger partial charge in [-0.2, -0.15) is 5.10 Å². The summed E-state index contributed by atoms with van der Waals surface area (Å²) in [5.74, 6) is 0.0580. The standard InChI is InChI=1S/C19H20N4O/c1-13-16-11-15(12-20-17(16)23(2)22-13)21-18(24)19(9-6-10-19)14-7-4-3-5-8-14/h3-5,7-8,11-12H,6,9-10H2,1-2H3,(H,21,24). The van der Waals surface area contributed by atoms with Crippen LogP contribution in [0, 0.1) is 6.92 Å². The van der Waals surface area contributed by atoms with Gasteiger partial charge in [-0.15, -0.1) is 0 Å². The Morgan fingerprint density at radius 1 is 1.25 bits per heavy atom. The van der Waals surface area contributed by atoms with E-state index in [0.29, 0.717) is 0 Å². The van der Waals surface area contributed by atoms with Gasteiger partial charge in [0.1, 0.15) is 0 Å². The smallest absolute Gasteiger partial charge is 0.235 e. The van der Waals surface area contributed by atoms with Crippen LogP contribution in [-0.4, -0.2) is 20.7 Å². The summed E-state index contributed by atoms with van der Waals surface area (Å²) in [4.78, 5) is 17.4. The Balaban J connectivity index is 1.65. The number of amides is 1. The van der Waals surface area contributed by atoms with Crippen molar-refractivity contribution in [3.63, 3.8) is 0 Å². The van der Waals surface area contributed by atoms with Crippen LogP contribution in [-0.2, 0) is 17.3 Å². The molecule has 1 aromatic carbocycles. The van der Waals surface area contributed by atoms with E-state index in [1.807, 2.05) is 50.4 Å². The number of benzene rings is 1. The number of aryl methyl sites for hydroxylation is 2. The maximum absolute atomic E-state index is 13.0. The van der Waals surface area contributed by atoms with Crippen molar-refractivity contribution < 1.29 is 4.79 Å². The first-order chi connectivity index (χ1) is 11.6. The molecule has 1 aliphatic rings. The van der Waals surface area contributed by atoms with Crippen LogP contribution in [0.25, 0.3) is 11.0 Å². The molecule has 0 spiro atoms. The van der Waals surface area contributed by atoms with E-state index in [9.17, 15) is 4.79 Å². The fourth-order valence-electron chi connectivity index (χ4n) is 3.56. The van der Waals surface area contributed by atoms with Gasteiger partial charge in [-0.05, 0) is 31.4 Å². The van der Waals surface area contributed by atoms with E-state index in [0.717, 1.165) is 47.2 Å². The topological polar surface area (TPSA) is 59.8 Å². The molecule has 1 saturated carbocycles. The van der Waals surface area contributed by atoms with Crippen LogP contribution < -0.4 is 5.32 Å². The van der Waals surface area contributed by atoms with E-state index in [-0.39, 0.29) is 5.91 Å². The second kappa shape index (κ2) is 5.44. The predicted molar refractivity (Wildman–Crippen MR) is 93.8 cm³/mol. The van der Waals surface area contributed by atoms with Crippen molar-refractivity contribution in [2.24, 2.45) is 7.05 Å². The number of hydrogen-bond acceptors (Lipinski definition) is 3. The molecule has 122 valence electrons. The number of hydrogen-bond donors (Lipinski definition) is 1. The molecule has 1 fully saturated rings. The number of carbonyl (C=O) groups is 1. The third-order valence-corrected chi connectivity index (χ3v) is 5.09. The normalized spacial score (nSPS) is 15.9. The van der Waals surface area contributed by atoms with Gasteiger partial charge in [0.15, 0.2) is 5.65 Å². The van der Waals surface area contributed by atoms with E-state index in [1.165, 1.54) is 0 Å². The zero-order chi connectivity index (χ0) is 16.7. The van der Waals surface area contributed by atoms with Crippen molar-refractivity contribution >= 4 is 22.6 Å². The molecule has 0 saturated heterocycles. The molecule has 2 aromatic heterocycles. The quantitative estimate of drug-likeness (QED) is 0.805. The van der Waals surface area contributed by atoms with Gasteiger partial charge in [-0.1, -0.05) is 36.8 Å². The molecule has 1 N–H and O–H groups in total. The van der Waals surface area contributed by atoms with Crippen LogP contribution in [0.2, 0.25) is 0 Å². The number of anilines is 1. The third kappa shape index (κ3) is 2.19. The van der Waals surface area contributed by atoms with Crippen molar-refractivity contribution in [2.45, 2.75) is 31.6 Å². The number of fused-ring (bicyclic) bond motifs is 1. The molecule has 5 nitrogen and oxygen atoms in total. The second-order valence-corrected chi connectivity index (χ2v) is 6.56. The van der Waals surface area contributed by atoms with Crippen molar-refractivity contribution in [1.29, 1.82) is 0 Å². The Labute approximate surface area is 140 Å². The van der Waals surface area contributed by atoms with Gasteiger partial charge in [-0.3, -0.25) is 9.48 Å². The molecular weight excluding hydrogens is 300 g/mol. The lowest BCUT2D eigenvalue weighted by Crippen LogP contribution is -2.46. The van der Waals surface area contributed by atoms with Gasteiger partial charge in [0.2, 0.25) is 5.91 Å². The zero-order valence-electron chi connectivity index (χ0n) is 13.9. The lowest BCUT2D eigenvalue weighted by molar-refractivity contribution is -0.124. The minimum absolute atomic E-state index is 0.0580. The van der Waals surface area contributed by atoms with Crippen molar-refractivity contribution in [2.75, 3.05) is 5.32 Å². The number of nitrogens with one attached hydrogen (secondary N) is 1. The molecule has 1 amide bonds. The number of nitrogens with zero attached hydrogens (tertiary/aromatic N) is 3. The summed E-state index contributed by atoms with van der Waals surface area (Å²) in [5.41, 5.74) is 3.16. The molecule has 0 radical (unpaired) electrons. The average molecular weight is 320 g/mol. The number of rotatable bonds is 3. The summed E-state index contributed by atoms with van der Waals surface area (Å²) in [5, 5.41) is 8.42. The first-order valence-electron chi connectivity index (χ1n) is 8.26. The molecule has 0 aliphatic heterocycles. The van der Waals surface area contributed by atoms with Gasteiger partial charge in [-0.25, -0.2) is 4.98 Å². The van der Waals surface area contributed by atoms with Crippen LogP contribution >= 0.6 is 0 Å². The third-order valence-electron chi connectivity index (χ3n) is 5.09. The fraction of sp³-hybridized carbons (Fsp3) is 0.316. The summed E-state index contributed by atoms with van der Waals surface area (Å²) >= 11 is 0. The van der Waals surface area contributed by atoms with Crippen LogP contribution in [0.1, 0.15) is 30.5 Å². The van der Waals surface area contributed by atoms with E-state index in [2.05, 4.69) is 15.4 Å². The lowest BCUT2D eigenvalue weighted by atomic mass is 9.64. The molecule has 3 aromatic rings. The minimum Gasteiger partial charge on any atom is -0.324 e. The van der Waals surface area contributed by atoms with Crippen LogP contribution in [0.15, 0.2) is 42.6 Å². The zero-order valence-corrected chi connectivity index (χ0v) is 13.9. The van der Waals surface area contributed by atoms with E-state index < -0.39 is 5.41 Å². The van der Waals surface area contributed by atoms with Gasteiger partial charge in [0.25, 0.3) is 0 Å². The Hall–Kier alpha value is -2.69. The summed E-state index contributed by atoms with van der Waals surface area (Å²) in [6, 6.07) is 12.0. The first kappa shape index (κ1) is 14.9. The highest BCUT2D eigenvalue weighted by Gasteiger charge is 2.45. The molecular formula is C19H20N4O. The molecule has 5 heteroatoms. The number of carbonyl (C=O) groups excluding carboxylic acids is 1. The van der Waals surface area contributed by atoms with E-state index >= 15 is 0 Å². The van der Waals surface area contributed by atoms with Gasteiger partial charge >= 0.3 is 0 Å². The molecule has 0 bridgehead atoms. The highest BCUT2D eigenvalue weighted by atomic mass is 16.2. The average Bonchev–Trinajstić information content (AvgIpc) is 2.82. The van der Waals surface area contributed by atoms with Gasteiger partial charge in [0, 0.05) is 12.4 Å². The Kier molecular flexibility index (Phi) is 3.37. The maximum Gasteiger partial charge on any atom is 0.235 e. The molecule has 0 atom stereocenters. The Bertz CT molecular complexity index is 910. The van der Waals surface area contributed by atoms with Crippen LogP contribution in [0.3, 0.4) is 0 Å². The monoisotopic (exact) mass is 320 g/mol. The first-order valence-corrected chi connectivity index (χ1v) is 8.26. The fourth-order valence-corrected chi connectivity index (χ4v) is 3.56. The van der Waals surface area contributed by atoms with Gasteiger partial charge in [0.05, 0.1) is 23.0 Å². The Morgan fingerprint density at radius 3 is 2.67 bits per heavy atom. The maximum atomic E-state index is 13.0.